The Morgan fingerprint density at radius 3 is 3.13 bits per heavy atom. The molecular weight excluding hydrogens is 312 g/mol. The Morgan fingerprint density at radius 1 is 1.39 bits per heavy atom. The van der Waals surface area contributed by atoms with Crippen molar-refractivity contribution < 1.29 is 9.26 Å². The van der Waals surface area contributed by atoms with E-state index in [-0.39, 0.29) is 6.04 Å². The van der Waals surface area contributed by atoms with Gasteiger partial charge in [-0.05, 0) is 23.6 Å². The standard InChI is InChI=1S/C16H18N4O2S/c1-19-5-2-3-13(19)14-10-21-7-6-20(14)9-15-17-16(22-18-15)12-4-8-23-11-12/h2-5,8,11,14H,6-7,9-10H2,1H3/t14-/m1/s1. The lowest BCUT2D eigenvalue weighted by Gasteiger charge is -2.35. The van der Waals surface area contributed by atoms with Gasteiger partial charge in [-0.1, -0.05) is 5.16 Å². The maximum atomic E-state index is 5.68. The van der Waals surface area contributed by atoms with Crippen molar-refractivity contribution in [2.75, 3.05) is 19.8 Å². The first-order valence-electron chi connectivity index (χ1n) is 7.59. The number of nitrogens with zero attached hydrogens (tertiary/aromatic N) is 4. The Labute approximate surface area is 138 Å². The molecule has 1 saturated heterocycles. The maximum absolute atomic E-state index is 5.68. The highest BCUT2D eigenvalue weighted by molar-refractivity contribution is 7.08. The lowest BCUT2D eigenvalue weighted by atomic mass is 10.1. The highest BCUT2D eigenvalue weighted by atomic mass is 32.1. The quantitative estimate of drug-likeness (QED) is 0.736. The number of aryl methyl sites for hydroxylation is 1. The largest absolute Gasteiger partial charge is 0.378 e. The number of morpholine rings is 1. The SMILES string of the molecule is Cn1cccc1[C@H]1COCCN1Cc1noc(-c2ccsc2)n1. The van der Waals surface area contributed by atoms with Gasteiger partial charge in [0.15, 0.2) is 5.82 Å². The van der Waals surface area contributed by atoms with Gasteiger partial charge in [0.1, 0.15) is 0 Å². The highest BCUT2D eigenvalue weighted by Gasteiger charge is 2.27. The van der Waals surface area contributed by atoms with E-state index in [2.05, 4.69) is 45.0 Å². The summed E-state index contributed by atoms with van der Waals surface area (Å²) in [6.45, 7) is 2.94. The van der Waals surface area contributed by atoms with Gasteiger partial charge < -0.3 is 13.8 Å². The first-order valence-corrected chi connectivity index (χ1v) is 8.54. The molecule has 3 aromatic rings. The number of hydrogen-bond donors (Lipinski definition) is 0. The van der Waals surface area contributed by atoms with Crippen LogP contribution in [0, 0.1) is 0 Å². The highest BCUT2D eigenvalue weighted by Crippen LogP contribution is 2.26. The molecule has 0 spiro atoms. The van der Waals surface area contributed by atoms with Crippen LogP contribution in [0.15, 0.2) is 39.7 Å². The predicted molar refractivity (Wildman–Crippen MR) is 87.0 cm³/mol. The van der Waals surface area contributed by atoms with Gasteiger partial charge in [-0.3, -0.25) is 4.90 Å². The van der Waals surface area contributed by atoms with Crippen molar-refractivity contribution in [3.05, 3.63) is 46.7 Å². The molecule has 0 radical (unpaired) electrons. The second kappa shape index (κ2) is 6.27. The summed E-state index contributed by atoms with van der Waals surface area (Å²) in [4.78, 5) is 6.87. The Kier molecular flexibility index (Phi) is 3.99. The molecule has 0 amide bonds. The van der Waals surface area contributed by atoms with Gasteiger partial charge in [0.25, 0.3) is 5.89 Å². The van der Waals surface area contributed by atoms with E-state index in [9.17, 15) is 0 Å². The zero-order valence-corrected chi connectivity index (χ0v) is 13.7. The third kappa shape index (κ3) is 2.95. The van der Waals surface area contributed by atoms with Gasteiger partial charge >= 0.3 is 0 Å². The van der Waals surface area contributed by atoms with E-state index in [1.807, 2.05) is 16.8 Å². The van der Waals surface area contributed by atoms with Gasteiger partial charge in [-0.2, -0.15) is 16.3 Å². The molecule has 0 N–H and O–H groups in total. The number of rotatable bonds is 4. The minimum atomic E-state index is 0.215. The van der Waals surface area contributed by atoms with Crippen molar-refractivity contribution in [1.29, 1.82) is 0 Å². The third-order valence-corrected chi connectivity index (χ3v) is 4.83. The molecular formula is C16H18N4O2S. The van der Waals surface area contributed by atoms with Gasteiger partial charge in [0.2, 0.25) is 0 Å². The van der Waals surface area contributed by atoms with Crippen molar-refractivity contribution in [2.45, 2.75) is 12.6 Å². The Morgan fingerprint density at radius 2 is 2.35 bits per heavy atom. The normalized spacial score (nSPS) is 19.3. The van der Waals surface area contributed by atoms with Crippen LogP contribution in [-0.4, -0.2) is 39.4 Å². The monoisotopic (exact) mass is 330 g/mol. The van der Waals surface area contributed by atoms with E-state index in [4.69, 9.17) is 9.26 Å². The first-order chi connectivity index (χ1) is 11.3. The fourth-order valence-corrected chi connectivity index (χ4v) is 3.55. The van der Waals surface area contributed by atoms with Crippen LogP contribution in [0.25, 0.3) is 11.5 Å². The van der Waals surface area contributed by atoms with Crippen LogP contribution in [0.3, 0.4) is 0 Å². The molecule has 1 aliphatic rings. The van der Waals surface area contributed by atoms with Crippen molar-refractivity contribution in [2.24, 2.45) is 7.05 Å². The van der Waals surface area contributed by atoms with Gasteiger partial charge in [-0.15, -0.1) is 0 Å². The van der Waals surface area contributed by atoms with E-state index in [0.29, 0.717) is 24.9 Å². The zero-order valence-electron chi connectivity index (χ0n) is 12.9. The van der Waals surface area contributed by atoms with E-state index < -0.39 is 0 Å². The van der Waals surface area contributed by atoms with Crippen LogP contribution in [0.1, 0.15) is 17.6 Å². The van der Waals surface area contributed by atoms with Crippen molar-refractivity contribution in [3.63, 3.8) is 0 Å². The number of aromatic nitrogens is 3. The van der Waals surface area contributed by atoms with Crippen LogP contribution >= 0.6 is 11.3 Å². The first kappa shape index (κ1) is 14.6. The average Bonchev–Trinajstić information content (AvgIpc) is 3.29. The lowest BCUT2D eigenvalue weighted by Crippen LogP contribution is -2.40. The van der Waals surface area contributed by atoms with Crippen LogP contribution in [0.4, 0.5) is 0 Å². The number of thiophene rings is 1. The summed E-state index contributed by atoms with van der Waals surface area (Å²) < 4.78 is 13.2. The molecule has 3 aromatic heterocycles. The fraction of sp³-hybridized carbons (Fsp3) is 0.375. The summed E-state index contributed by atoms with van der Waals surface area (Å²) in [6, 6.07) is 6.40. The Bertz CT molecular complexity index is 765. The van der Waals surface area contributed by atoms with Gasteiger partial charge in [-0.25, -0.2) is 0 Å². The smallest absolute Gasteiger partial charge is 0.258 e. The minimum Gasteiger partial charge on any atom is -0.378 e. The summed E-state index contributed by atoms with van der Waals surface area (Å²) >= 11 is 1.62. The van der Waals surface area contributed by atoms with E-state index >= 15 is 0 Å². The second-order valence-electron chi connectivity index (χ2n) is 5.63. The van der Waals surface area contributed by atoms with Crippen LogP contribution in [-0.2, 0) is 18.3 Å². The minimum absolute atomic E-state index is 0.215. The molecule has 0 bridgehead atoms. The molecule has 4 heterocycles. The Balaban J connectivity index is 1.53. The van der Waals surface area contributed by atoms with Crippen LogP contribution in [0.2, 0.25) is 0 Å². The summed E-state index contributed by atoms with van der Waals surface area (Å²) in [7, 11) is 2.06. The molecule has 0 unspecified atom stereocenters. The van der Waals surface area contributed by atoms with Gasteiger partial charge in [0, 0.05) is 30.9 Å². The topological polar surface area (TPSA) is 56.3 Å². The molecule has 23 heavy (non-hydrogen) atoms. The maximum Gasteiger partial charge on any atom is 0.258 e. The van der Waals surface area contributed by atoms with Crippen molar-refractivity contribution >= 4 is 11.3 Å². The van der Waals surface area contributed by atoms with Gasteiger partial charge in [0.05, 0.1) is 31.4 Å². The molecule has 1 aliphatic heterocycles. The lowest BCUT2D eigenvalue weighted by molar-refractivity contribution is -0.0165. The summed E-state index contributed by atoms with van der Waals surface area (Å²) in [5.74, 6) is 1.30. The molecule has 120 valence electrons. The predicted octanol–water partition coefficient (Wildman–Crippen LogP) is 2.71. The third-order valence-electron chi connectivity index (χ3n) is 4.15. The number of hydrogen-bond acceptors (Lipinski definition) is 6. The van der Waals surface area contributed by atoms with Crippen LogP contribution < -0.4 is 0 Å². The molecule has 7 heteroatoms. The molecule has 1 atom stereocenters. The zero-order chi connectivity index (χ0) is 15.6. The molecule has 0 aliphatic carbocycles. The van der Waals surface area contributed by atoms with E-state index in [1.165, 1.54) is 5.69 Å². The molecule has 1 fully saturated rings. The Hall–Kier alpha value is -1.96. The summed E-state index contributed by atoms with van der Waals surface area (Å²) in [5.41, 5.74) is 2.22. The molecule has 6 nitrogen and oxygen atoms in total. The fourth-order valence-electron chi connectivity index (χ4n) is 2.92. The number of ether oxygens (including phenoxy) is 1. The van der Waals surface area contributed by atoms with Crippen molar-refractivity contribution in [3.8, 4) is 11.5 Å². The van der Waals surface area contributed by atoms with Crippen molar-refractivity contribution in [1.82, 2.24) is 19.6 Å². The molecule has 0 saturated carbocycles. The van der Waals surface area contributed by atoms with Crippen LogP contribution in [0.5, 0.6) is 0 Å². The summed E-state index contributed by atoms with van der Waals surface area (Å²) in [6.07, 6.45) is 2.06. The molecule has 4 rings (SSSR count). The average molecular weight is 330 g/mol. The summed E-state index contributed by atoms with van der Waals surface area (Å²) in [5, 5.41) is 8.15. The second-order valence-corrected chi connectivity index (χ2v) is 6.41. The molecule has 0 aromatic carbocycles. The van der Waals surface area contributed by atoms with E-state index in [1.54, 1.807) is 11.3 Å². The van der Waals surface area contributed by atoms with E-state index in [0.717, 1.165) is 18.7 Å².